The van der Waals surface area contributed by atoms with Gasteiger partial charge < -0.3 is 4.74 Å². The normalized spacial score (nSPS) is 10.9. The van der Waals surface area contributed by atoms with E-state index in [9.17, 15) is 28.1 Å². The number of nitro benzene ring substituents is 1. The molecule has 0 aliphatic heterocycles. The van der Waals surface area contributed by atoms with E-state index in [-0.39, 0.29) is 38.6 Å². The van der Waals surface area contributed by atoms with Crippen molar-refractivity contribution in [3.63, 3.8) is 0 Å². The van der Waals surface area contributed by atoms with Gasteiger partial charge in [0.2, 0.25) is 0 Å². The largest absolute Gasteiger partial charge is 0.495 e. The highest BCUT2D eigenvalue weighted by atomic mass is 32.2. The van der Waals surface area contributed by atoms with E-state index in [2.05, 4.69) is 0 Å². The predicted molar refractivity (Wildman–Crippen MR) is 112 cm³/mol. The van der Waals surface area contributed by atoms with Crippen LogP contribution in [0.5, 0.6) is 5.75 Å². The fourth-order valence-electron chi connectivity index (χ4n) is 2.93. The van der Waals surface area contributed by atoms with Gasteiger partial charge in [-0.2, -0.15) is 0 Å². The molecule has 0 spiro atoms. The van der Waals surface area contributed by atoms with E-state index in [4.69, 9.17) is 4.74 Å². The van der Waals surface area contributed by atoms with Gasteiger partial charge in [-0.3, -0.25) is 19.7 Å². The van der Waals surface area contributed by atoms with E-state index < -0.39 is 20.9 Å². The van der Waals surface area contributed by atoms with Crippen LogP contribution in [0.15, 0.2) is 71.6 Å². The number of ether oxygens (including phenoxy) is 1. The van der Waals surface area contributed by atoms with Crippen LogP contribution >= 0.6 is 0 Å². The van der Waals surface area contributed by atoms with Crippen molar-refractivity contribution in [2.45, 2.75) is 4.90 Å². The molecule has 0 aromatic heterocycles. The zero-order valence-electron chi connectivity index (χ0n) is 16.1. The van der Waals surface area contributed by atoms with Gasteiger partial charge in [-0.1, -0.05) is 30.3 Å². The number of rotatable bonds is 7. The van der Waals surface area contributed by atoms with E-state index in [1.165, 1.54) is 49.6 Å². The Morgan fingerprint density at radius 2 is 1.77 bits per heavy atom. The number of nitro groups is 1. The highest BCUT2D eigenvalue weighted by molar-refractivity contribution is 7.90. The third-order valence-electron chi connectivity index (χ3n) is 4.36. The van der Waals surface area contributed by atoms with Crippen LogP contribution < -0.4 is 9.46 Å². The number of non-ortho nitro benzene ring substituents is 1. The van der Waals surface area contributed by atoms with Crippen LogP contribution in [0.3, 0.4) is 0 Å². The number of carbonyl (C=O) groups is 2. The first-order valence-electron chi connectivity index (χ1n) is 8.81. The van der Waals surface area contributed by atoms with Crippen molar-refractivity contribution in [1.82, 2.24) is 4.72 Å². The predicted octanol–water partition coefficient (Wildman–Crippen LogP) is 3.20. The lowest BCUT2D eigenvalue weighted by Crippen LogP contribution is -2.30. The summed E-state index contributed by atoms with van der Waals surface area (Å²) < 4.78 is 32.9. The minimum Gasteiger partial charge on any atom is -0.495 e. The molecule has 1 amide bonds. The first-order chi connectivity index (χ1) is 14.8. The lowest BCUT2D eigenvalue weighted by molar-refractivity contribution is -0.384. The van der Waals surface area contributed by atoms with Gasteiger partial charge in [-0.25, -0.2) is 13.1 Å². The summed E-state index contributed by atoms with van der Waals surface area (Å²) in [5.74, 6) is -0.801. The van der Waals surface area contributed by atoms with Gasteiger partial charge in [0.05, 0.1) is 22.5 Å². The summed E-state index contributed by atoms with van der Waals surface area (Å²) >= 11 is 0. The van der Waals surface area contributed by atoms with Gasteiger partial charge in [0.1, 0.15) is 5.75 Å². The molecular formula is C21H16N2O7S. The molecule has 0 saturated heterocycles. The monoisotopic (exact) mass is 440 g/mol. The van der Waals surface area contributed by atoms with Gasteiger partial charge in [0, 0.05) is 23.3 Å². The molecule has 0 aliphatic rings. The number of hydrogen-bond acceptors (Lipinski definition) is 7. The molecule has 3 rings (SSSR count). The SMILES string of the molecule is COc1c(C=O)cc(S(=O)(=O)NC(=O)c2ccccc2)cc1-c1cccc([N+](=O)[O-])c1. The molecule has 0 unspecified atom stereocenters. The van der Waals surface area contributed by atoms with E-state index >= 15 is 0 Å². The maximum Gasteiger partial charge on any atom is 0.270 e. The van der Waals surface area contributed by atoms with Crippen LogP contribution in [0, 0.1) is 10.1 Å². The van der Waals surface area contributed by atoms with Crippen LogP contribution in [0.2, 0.25) is 0 Å². The summed E-state index contributed by atoms with van der Waals surface area (Å²) in [6.45, 7) is 0. The van der Waals surface area contributed by atoms with Crippen molar-refractivity contribution in [1.29, 1.82) is 0 Å². The number of nitrogens with one attached hydrogen (secondary N) is 1. The Labute approximate surface area is 177 Å². The molecule has 3 aromatic rings. The van der Waals surface area contributed by atoms with Crippen LogP contribution in [-0.2, 0) is 10.0 Å². The average Bonchev–Trinajstić information content (AvgIpc) is 2.78. The zero-order valence-corrected chi connectivity index (χ0v) is 17.0. The van der Waals surface area contributed by atoms with Crippen LogP contribution in [0.4, 0.5) is 5.69 Å². The standard InChI is InChI=1S/C21H16N2O7S/c1-30-20-16(13-24)11-18(12-19(20)15-8-5-9-17(10-15)23(26)27)31(28,29)22-21(25)14-6-3-2-4-7-14/h2-13H,1H3,(H,22,25). The maximum absolute atomic E-state index is 12.8. The first kappa shape index (κ1) is 21.7. The first-order valence-corrected chi connectivity index (χ1v) is 10.3. The Morgan fingerprint density at radius 3 is 2.39 bits per heavy atom. The van der Waals surface area contributed by atoms with Gasteiger partial charge in [0.15, 0.2) is 6.29 Å². The van der Waals surface area contributed by atoms with Gasteiger partial charge in [-0.15, -0.1) is 0 Å². The second-order valence-electron chi connectivity index (χ2n) is 6.32. The topological polar surface area (TPSA) is 133 Å². The highest BCUT2D eigenvalue weighted by Crippen LogP contribution is 2.36. The second-order valence-corrected chi connectivity index (χ2v) is 8.00. The fraction of sp³-hybridized carbons (Fsp3) is 0.0476. The van der Waals surface area contributed by atoms with Gasteiger partial charge >= 0.3 is 0 Å². The number of nitrogens with zero attached hydrogens (tertiary/aromatic N) is 1. The zero-order chi connectivity index (χ0) is 22.6. The number of carbonyl (C=O) groups excluding carboxylic acids is 2. The Kier molecular flexibility index (Phi) is 6.12. The molecule has 0 fully saturated rings. The summed E-state index contributed by atoms with van der Waals surface area (Å²) in [4.78, 5) is 34.1. The van der Waals surface area contributed by atoms with E-state index in [0.29, 0.717) is 6.29 Å². The van der Waals surface area contributed by atoms with Crippen molar-refractivity contribution in [3.8, 4) is 16.9 Å². The maximum atomic E-state index is 12.8. The van der Waals surface area contributed by atoms with Gasteiger partial charge in [-0.05, 0) is 29.8 Å². The van der Waals surface area contributed by atoms with Crippen molar-refractivity contribution in [2.75, 3.05) is 7.11 Å². The van der Waals surface area contributed by atoms with Crippen LogP contribution in [0.1, 0.15) is 20.7 Å². The average molecular weight is 440 g/mol. The number of methoxy groups -OCH3 is 1. The molecule has 9 nitrogen and oxygen atoms in total. The molecule has 0 radical (unpaired) electrons. The number of sulfonamides is 1. The number of amides is 1. The Hall–Kier alpha value is -4.05. The third kappa shape index (κ3) is 4.59. The highest BCUT2D eigenvalue weighted by Gasteiger charge is 2.24. The van der Waals surface area contributed by atoms with E-state index in [0.717, 1.165) is 6.07 Å². The Balaban J connectivity index is 2.12. The molecule has 0 aliphatic carbocycles. The number of benzene rings is 3. The molecule has 0 atom stereocenters. The molecule has 0 heterocycles. The van der Waals surface area contributed by atoms with Crippen molar-refractivity contribution in [3.05, 3.63) is 88.0 Å². The summed E-state index contributed by atoms with van der Waals surface area (Å²) in [5, 5.41) is 11.1. The van der Waals surface area contributed by atoms with E-state index in [1.54, 1.807) is 18.2 Å². The molecule has 0 bridgehead atoms. The van der Waals surface area contributed by atoms with Crippen LogP contribution in [0.25, 0.3) is 11.1 Å². The lowest BCUT2D eigenvalue weighted by Gasteiger charge is -2.14. The fourth-order valence-corrected chi connectivity index (χ4v) is 3.96. The molecule has 1 N–H and O–H groups in total. The molecule has 158 valence electrons. The molecule has 3 aromatic carbocycles. The van der Waals surface area contributed by atoms with Gasteiger partial charge in [0.25, 0.3) is 21.6 Å². The molecular weight excluding hydrogens is 424 g/mol. The van der Waals surface area contributed by atoms with Crippen molar-refractivity contribution < 1.29 is 27.7 Å². The Bertz CT molecular complexity index is 1270. The summed E-state index contributed by atoms with van der Waals surface area (Å²) in [6, 6.07) is 15.4. The van der Waals surface area contributed by atoms with Crippen molar-refractivity contribution >= 4 is 27.9 Å². The second kappa shape index (κ2) is 8.76. The summed E-state index contributed by atoms with van der Waals surface area (Å²) in [7, 11) is -3.08. The lowest BCUT2D eigenvalue weighted by atomic mass is 10.0. The molecule has 31 heavy (non-hydrogen) atoms. The number of aldehydes is 1. The van der Waals surface area contributed by atoms with E-state index in [1.807, 2.05) is 4.72 Å². The summed E-state index contributed by atoms with van der Waals surface area (Å²) in [5.41, 5.74) is 0.218. The Morgan fingerprint density at radius 1 is 1.06 bits per heavy atom. The van der Waals surface area contributed by atoms with Crippen LogP contribution in [-0.4, -0.2) is 32.6 Å². The third-order valence-corrected chi connectivity index (χ3v) is 5.67. The molecule has 0 saturated carbocycles. The minimum absolute atomic E-state index is 0.0452. The molecule has 10 heteroatoms. The smallest absolute Gasteiger partial charge is 0.270 e. The number of hydrogen-bond donors (Lipinski definition) is 1. The quantitative estimate of drug-likeness (QED) is 0.339. The minimum atomic E-state index is -4.37. The summed E-state index contributed by atoms with van der Waals surface area (Å²) in [6.07, 6.45) is 0.401. The van der Waals surface area contributed by atoms with Crippen molar-refractivity contribution in [2.24, 2.45) is 0 Å².